The number of carbonyl (C=O) groups is 1. The SMILES string of the molecule is O=C(CCOc1ccc(F)cc1Cl)N1CCN(C2CCCC2)CC1. The molecule has 1 saturated heterocycles. The van der Waals surface area contributed by atoms with Crippen molar-refractivity contribution in [2.75, 3.05) is 32.8 Å². The van der Waals surface area contributed by atoms with Crippen molar-refractivity contribution in [2.45, 2.75) is 38.1 Å². The second kappa shape index (κ2) is 8.17. The third-order valence-electron chi connectivity index (χ3n) is 4.98. The van der Waals surface area contributed by atoms with Gasteiger partial charge < -0.3 is 9.64 Å². The van der Waals surface area contributed by atoms with Crippen molar-refractivity contribution in [3.05, 3.63) is 29.0 Å². The molecule has 1 aromatic carbocycles. The highest BCUT2D eigenvalue weighted by Crippen LogP contribution is 2.26. The Labute approximate surface area is 147 Å². The minimum Gasteiger partial charge on any atom is -0.491 e. The summed E-state index contributed by atoms with van der Waals surface area (Å²) >= 11 is 5.91. The average molecular weight is 355 g/mol. The third-order valence-corrected chi connectivity index (χ3v) is 5.27. The lowest BCUT2D eigenvalue weighted by Gasteiger charge is -2.38. The fraction of sp³-hybridized carbons (Fsp3) is 0.611. The summed E-state index contributed by atoms with van der Waals surface area (Å²) < 4.78 is 18.5. The molecule has 1 aliphatic heterocycles. The van der Waals surface area contributed by atoms with E-state index in [0.29, 0.717) is 12.2 Å². The molecule has 3 rings (SSSR count). The zero-order valence-corrected chi connectivity index (χ0v) is 14.6. The number of nitrogens with zero attached hydrogens (tertiary/aromatic N) is 2. The van der Waals surface area contributed by atoms with Crippen LogP contribution in [0.4, 0.5) is 4.39 Å². The van der Waals surface area contributed by atoms with Crippen molar-refractivity contribution in [3.8, 4) is 5.75 Å². The average Bonchev–Trinajstić information content (AvgIpc) is 3.11. The van der Waals surface area contributed by atoms with Gasteiger partial charge in [0.2, 0.25) is 5.91 Å². The Balaban J connectivity index is 1.39. The summed E-state index contributed by atoms with van der Waals surface area (Å²) in [4.78, 5) is 16.7. The first-order valence-electron chi connectivity index (χ1n) is 8.73. The van der Waals surface area contributed by atoms with Gasteiger partial charge in [0, 0.05) is 32.2 Å². The summed E-state index contributed by atoms with van der Waals surface area (Å²) in [5.41, 5.74) is 0. The molecule has 6 heteroatoms. The van der Waals surface area contributed by atoms with E-state index in [1.165, 1.54) is 43.9 Å². The Morgan fingerprint density at radius 2 is 1.92 bits per heavy atom. The number of amides is 1. The molecule has 2 aliphatic rings. The summed E-state index contributed by atoms with van der Waals surface area (Å²) in [7, 11) is 0. The second-order valence-electron chi connectivity index (χ2n) is 6.53. The van der Waals surface area contributed by atoms with Gasteiger partial charge in [-0.05, 0) is 31.0 Å². The van der Waals surface area contributed by atoms with Crippen LogP contribution >= 0.6 is 11.6 Å². The highest BCUT2D eigenvalue weighted by Gasteiger charge is 2.27. The molecule has 2 fully saturated rings. The molecule has 1 heterocycles. The van der Waals surface area contributed by atoms with E-state index in [1.807, 2.05) is 4.90 Å². The number of halogens is 2. The van der Waals surface area contributed by atoms with Crippen LogP contribution in [0.15, 0.2) is 18.2 Å². The zero-order chi connectivity index (χ0) is 16.9. The molecular weight excluding hydrogens is 331 g/mol. The lowest BCUT2D eigenvalue weighted by molar-refractivity contribution is -0.133. The topological polar surface area (TPSA) is 32.8 Å². The maximum Gasteiger partial charge on any atom is 0.226 e. The van der Waals surface area contributed by atoms with Gasteiger partial charge in [0.15, 0.2) is 0 Å². The van der Waals surface area contributed by atoms with Crippen LogP contribution in [0.5, 0.6) is 5.75 Å². The maximum atomic E-state index is 13.0. The van der Waals surface area contributed by atoms with Crippen LogP contribution in [0.1, 0.15) is 32.1 Å². The van der Waals surface area contributed by atoms with Crippen molar-refractivity contribution >= 4 is 17.5 Å². The predicted molar refractivity (Wildman–Crippen MR) is 91.9 cm³/mol. The van der Waals surface area contributed by atoms with Gasteiger partial charge in [-0.2, -0.15) is 0 Å². The van der Waals surface area contributed by atoms with Crippen LogP contribution < -0.4 is 4.74 Å². The molecule has 24 heavy (non-hydrogen) atoms. The van der Waals surface area contributed by atoms with Crippen LogP contribution in [-0.2, 0) is 4.79 Å². The highest BCUT2D eigenvalue weighted by atomic mass is 35.5. The molecule has 1 aromatic rings. The van der Waals surface area contributed by atoms with E-state index in [4.69, 9.17) is 16.3 Å². The van der Waals surface area contributed by atoms with Gasteiger partial charge in [0.25, 0.3) is 0 Å². The molecule has 0 bridgehead atoms. The van der Waals surface area contributed by atoms with Crippen molar-refractivity contribution in [1.29, 1.82) is 0 Å². The van der Waals surface area contributed by atoms with Gasteiger partial charge in [0.1, 0.15) is 11.6 Å². The molecule has 1 amide bonds. The van der Waals surface area contributed by atoms with Crippen molar-refractivity contribution in [1.82, 2.24) is 9.80 Å². The maximum absolute atomic E-state index is 13.0. The van der Waals surface area contributed by atoms with E-state index in [9.17, 15) is 9.18 Å². The van der Waals surface area contributed by atoms with Gasteiger partial charge >= 0.3 is 0 Å². The van der Waals surface area contributed by atoms with Crippen LogP contribution in [0.3, 0.4) is 0 Å². The number of rotatable bonds is 5. The first-order chi connectivity index (χ1) is 11.6. The molecule has 4 nitrogen and oxygen atoms in total. The molecule has 0 N–H and O–H groups in total. The normalized spacial score (nSPS) is 19.7. The molecule has 0 radical (unpaired) electrons. The molecule has 0 atom stereocenters. The van der Waals surface area contributed by atoms with E-state index in [1.54, 1.807) is 0 Å². The third kappa shape index (κ3) is 4.39. The Bertz CT molecular complexity index is 570. The van der Waals surface area contributed by atoms with Gasteiger partial charge in [-0.3, -0.25) is 9.69 Å². The predicted octanol–water partition coefficient (Wildman–Crippen LogP) is 3.33. The molecule has 1 aliphatic carbocycles. The van der Waals surface area contributed by atoms with E-state index < -0.39 is 5.82 Å². The van der Waals surface area contributed by atoms with Crippen LogP contribution in [0, 0.1) is 5.82 Å². The summed E-state index contributed by atoms with van der Waals surface area (Å²) in [6, 6.07) is 4.72. The number of hydrogen-bond donors (Lipinski definition) is 0. The minimum absolute atomic E-state index is 0.110. The fourth-order valence-corrected chi connectivity index (χ4v) is 3.83. The Morgan fingerprint density at radius 1 is 1.21 bits per heavy atom. The number of ether oxygens (including phenoxy) is 1. The molecule has 1 saturated carbocycles. The molecule has 0 aromatic heterocycles. The Hall–Kier alpha value is -1.33. The fourth-order valence-electron chi connectivity index (χ4n) is 3.60. The summed E-state index contributed by atoms with van der Waals surface area (Å²) in [6.07, 6.45) is 5.61. The number of benzene rings is 1. The quantitative estimate of drug-likeness (QED) is 0.813. The van der Waals surface area contributed by atoms with Gasteiger partial charge in [-0.25, -0.2) is 4.39 Å². The standard InChI is InChI=1S/C18H24ClFN2O2/c19-16-13-14(20)5-6-17(16)24-12-7-18(23)22-10-8-21(9-11-22)15-3-1-2-4-15/h5-6,13,15H,1-4,7-12H2. The summed E-state index contributed by atoms with van der Waals surface area (Å²) in [5, 5.41) is 0.229. The monoisotopic (exact) mass is 354 g/mol. The van der Waals surface area contributed by atoms with Gasteiger partial charge in [0.05, 0.1) is 18.1 Å². The van der Waals surface area contributed by atoms with E-state index in [-0.39, 0.29) is 17.5 Å². The number of piperazine rings is 1. The molecular formula is C18H24ClFN2O2. The Morgan fingerprint density at radius 3 is 2.58 bits per heavy atom. The largest absolute Gasteiger partial charge is 0.491 e. The summed E-state index contributed by atoms with van der Waals surface area (Å²) in [5.74, 6) is 0.125. The van der Waals surface area contributed by atoms with Crippen molar-refractivity contribution < 1.29 is 13.9 Å². The first kappa shape index (κ1) is 17.5. The van der Waals surface area contributed by atoms with Crippen molar-refractivity contribution in [2.24, 2.45) is 0 Å². The van der Waals surface area contributed by atoms with Gasteiger partial charge in [-0.15, -0.1) is 0 Å². The molecule has 0 spiro atoms. The highest BCUT2D eigenvalue weighted by molar-refractivity contribution is 6.32. The van der Waals surface area contributed by atoms with Crippen LogP contribution in [-0.4, -0.2) is 54.5 Å². The summed E-state index contributed by atoms with van der Waals surface area (Å²) in [6.45, 7) is 3.80. The smallest absolute Gasteiger partial charge is 0.226 e. The lowest BCUT2D eigenvalue weighted by Crippen LogP contribution is -2.51. The van der Waals surface area contributed by atoms with E-state index in [0.717, 1.165) is 32.2 Å². The van der Waals surface area contributed by atoms with Gasteiger partial charge in [-0.1, -0.05) is 24.4 Å². The van der Waals surface area contributed by atoms with Crippen LogP contribution in [0.2, 0.25) is 5.02 Å². The van der Waals surface area contributed by atoms with Crippen LogP contribution in [0.25, 0.3) is 0 Å². The van der Waals surface area contributed by atoms with Crippen molar-refractivity contribution in [3.63, 3.8) is 0 Å². The van der Waals surface area contributed by atoms with E-state index in [2.05, 4.69) is 4.90 Å². The Kier molecular flexibility index (Phi) is 5.95. The second-order valence-corrected chi connectivity index (χ2v) is 6.94. The number of hydrogen-bond acceptors (Lipinski definition) is 3. The lowest BCUT2D eigenvalue weighted by atomic mass is 10.2. The van der Waals surface area contributed by atoms with E-state index >= 15 is 0 Å². The first-order valence-corrected chi connectivity index (χ1v) is 9.11. The molecule has 132 valence electrons. The minimum atomic E-state index is -0.399. The molecule has 0 unspecified atom stereocenters. The number of carbonyl (C=O) groups excluding carboxylic acids is 1. The zero-order valence-electron chi connectivity index (χ0n) is 13.8.